The lowest BCUT2D eigenvalue weighted by molar-refractivity contribution is -0.126. The van der Waals surface area contributed by atoms with E-state index in [4.69, 9.17) is 5.26 Å². The van der Waals surface area contributed by atoms with E-state index in [9.17, 15) is 14.3 Å². The van der Waals surface area contributed by atoms with E-state index in [2.05, 4.69) is 15.3 Å². The van der Waals surface area contributed by atoms with Gasteiger partial charge in [-0.05, 0) is 91.3 Å². The predicted molar refractivity (Wildman–Crippen MR) is 117 cm³/mol. The summed E-state index contributed by atoms with van der Waals surface area (Å²) in [6, 6.07) is 11.8. The number of fused-ring (bicyclic) bond motifs is 2. The zero-order valence-corrected chi connectivity index (χ0v) is 17.4. The van der Waals surface area contributed by atoms with Gasteiger partial charge in [0, 0.05) is 11.6 Å². The Kier molecular flexibility index (Phi) is 5.32. The van der Waals surface area contributed by atoms with Crippen molar-refractivity contribution in [1.82, 2.24) is 9.97 Å². The molecule has 0 radical (unpaired) electrons. The van der Waals surface area contributed by atoms with Crippen LogP contribution in [0.2, 0.25) is 0 Å². The normalized spacial score (nSPS) is 25.3. The molecular weight excluding hydrogens is 407 g/mol. The van der Waals surface area contributed by atoms with Crippen molar-refractivity contribution in [3.05, 3.63) is 65.9 Å². The van der Waals surface area contributed by atoms with Gasteiger partial charge in [-0.2, -0.15) is 5.26 Å². The van der Waals surface area contributed by atoms with Gasteiger partial charge in [-0.25, -0.2) is 9.37 Å². The molecule has 2 fully saturated rings. The van der Waals surface area contributed by atoms with Gasteiger partial charge in [0.2, 0.25) is 0 Å². The van der Waals surface area contributed by atoms with Crippen molar-refractivity contribution in [2.24, 2.45) is 17.8 Å². The maximum atomic E-state index is 13.8. The van der Waals surface area contributed by atoms with Crippen LogP contribution in [0.25, 0.3) is 10.9 Å². The number of aliphatic hydroxyl groups is 1. The molecule has 5 rings (SSSR count). The highest BCUT2D eigenvalue weighted by Crippen LogP contribution is 2.53. The number of carbonyl (C=O) groups excluding carboxylic acids is 1. The minimum absolute atomic E-state index is 0.0797. The van der Waals surface area contributed by atoms with Crippen molar-refractivity contribution in [1.29, 1.82) is 5.26 Å². The Balaban J connectivity index is 1.23. The lowest BCUT2D eigenvalue weighted by atomic mass is 9.89. The lowest BCUT2D eigenvalue weighted by Gasteiger charge is -2.20. The topological polar surface area (TPSA) is 98.9 Å². The van der Waals surface area contributed by atoms with E-state index in [-0.39, 0.29) is 17.4 Å². The molecule has 5 atom stereocenters. The summed E-state index contributed by atoms with van der Waals surface area (Å²) in [5.74, 6) is 0.463. The number of anilines is 1. The molecule has 3 unspecified atom stereocenters. The maximum Gasteiger partial charge on any atom is 0.253 e. The minimum Gasteiger partial charge on any atom is -0.383 e. The Morgan fingerprint density at radius 1 is 1.12 bits per heavy atom. The van der Waals surface area contributed by atoms with Gasteiger partial charge in [-0.3, -0.25) is 9.78 Å². The number of halogens is 1. The molecule has 2 aromatic heterocycles. The van der Waals surface area contributed by atoms with Gasteiger partial charge >= 0.3 is 0 Å². The molecule has 3 aromatic rings. The number of nitriles is 1. The van der Waals surface area contributed by atoms with Crippen LogP contribution < -0.4 is 5.32 Å². The fourth-order valence-corrected chi connectivity index (χ4v) is 5.63. The second-order valence-electron chi connectivity index (χ2n) is 8.96. The molecule has 0 bridgehead atoms. The predicted octanol–water partition coefficient (Wildman–Crippen LogP) is 4.16. The summed E-state index contributed by atoms with van der Waals surface area (Å²) in [7, 11) is 0. The third kappa shape index (κ3) is 3.82. The SMILES string of the molecule is N#Cc1ccc(NC(=O)C(O)C2C[C@H]3CC(c4ccnc5ccc(F)cc45)C[C@H]3C2)cn1. The monoisotopic (exact) mass is 430 g/mol. The summed E-state index contributed by atoms with van der Waals surface area (Å²) < 4.78 is 13.8. The fraction of sp³-hybridized carbons (Fsp3) is 0.360. The van der Waals surface area contributed by atoms with Crippen LogP contribution in [-0.4, -0.2) is 27.1 Å². The Morgan fingerprint density at radius 2 is 1.91 bits per heavy atom. The molecule has 0 saturated heterocycles. The summed E-state index contributed by atoms with van der Waals surface area (Å²) >= 11 is 0. The molecule has 1 aromatic carbocycles. The average Bonchev–Trinajstić information content (AvgIpc) is 3.38. The van der Waals surface area contributed by atoms with Crippen LogP contribution in [0.4, 0.5) is 10.1 Å². The third-order valence-electron chi connectivity index (χ3n) is 7.09. The number of benzene rings is 1. The quantitative estimate of drug-likeness (QED) is 0.648. The summed E-state index contributed by atoms with van der Waals surface area (Å²) in [5.41, 5.74) is 2.69. The smallest absolute Gasteiger partial charge is 0.253 e. The van der Waals surface area contributed by atoms with Gasteiger partial charge in [0.25, 0.3) is 5.91 Å². The first-order valence-corrected chi connectivity index (χ1v) is 10.9. The molecule has 6 nitrogen and oxygen atoms in total. The fourth-order valence-electron chi connectivity index (χ4n) is 5.63. The highest BCUT2D eigenvalue weighted by atomic mass is 19.1. The average molecular weight is 430 g/mol. The van der Waals surface area contributed by atoms with Crippen molar-refractivity contribution in [3.63, 3.8) is 0 Å². The number of hydrogen-bond donors (Lipinski definition) is 2. The van der Waals surface area contributed by atoms with Crippen LogP contribution in [0.3, 0.4) is 0 Å². The second kappa shape index (κ2) is 8.29. The number of amides is 1. The van der Waals surface area contributed by atoms with Gasteiger partial charge in [0.05, 0.1) is 17.4 Å². The Bertz CT molecular complexity index is 1190. The summed E-state index contributed by atoms with van der Waals surface area (Å²) in [6.07, 6.45) is 5.69. The minimum atomic E-state index is -1.08. The highest BCUT2D eigenvalue weighted by molar-refractivity contribution is 5.94. The second-order valence-corrected chi connectivity index (χ2v) is 8.96. The maximum absolute atomic E-state index is 13.8. The van der Waals surface area contributed by atoms with E-state index >= 15 is 0 Å². The standard InChI is InChI=1S/C25H23FN4O2/c26-18-1-4-23-22(11-18)21(5-6-28-23)16-7-14-9-17(10-15(14)8-16)24(31)25(32)30-20-3-2-19(12-27)29-13-20/h1-6,11,13-17,24,31H,7-10H2,(H,30,32)/t14-,15+,16?,17?,24?. The van der Waals surface area contributed by atoms with Gasteiger partial charge in [0.1, 0.15) is 23.7 Å². The van der Waals surface area contributed by atoms with Gasteiger partial charge in [-0.15, -0.1) is 0 Å². The first-order valence-electron chi connectivity index (χ1n) is 10.9. The zero-order valence-electron chi connectivity index (χ0n) is 17.4. The van der Waals surface area contributed by atoms with Crippen molar-refractivity contribution in [2.75, 3.05) is 5.32 Å². The molecule has 2 aliphatic rings. The lowest BCUT2D eigenvalue weighted by Crippen LogP contribution is -2.33. The number of aliphatic hydroxyl groups excluding tert-OH is 1. The van der Waals surface area contributed by atoms with Crippen LogP contribution in [0, 0.1) is 34.9 Å². The highest BCUT2D eigenvalue weighted by Gasteiger charge is 2.45. The van der Waals surface area contributed by atoms with Gasteiger partial charge in [-0.1, -0.05) is 0 Å². The molecule has 0 spiro atoms. The van der Waals surface area contributed by atoms with E-state index in [1.54, 1.807) is 24.4 Å². The number of pyridine rings is 2. The van der Waals surface area contributed by atoms with E-state index in [0.717, 1.165) is 42.1 Å². The van der Waals surface area contributed by atoms with Crippen molar-refractivity contribution < 1.29 is 14.3 Å². The van der Waals surface area contributed by atoms with Crippen molar-refractivity contribution >= 4 is 22.5 Å². The van der Waals surface area contributed by atoms with Crippen molar-refractivity contribution in [2.45, 2.75) is 37.7 Å². The molecular formula is C25H23FN4O2. The molecule has 1 amide bonds. The van der Waals surface area contributed by atoms with E-state index in [0.29, 0.717) is 23.4 Å². The first kappa shape index (κ1) is 20.5. The summed E-state index contributed by atoms with van der Waals surface area (Å²) in [5, 5.41) is 23.0. The number of hydrogen-bond acceptors (Lipinski definition) is 5. The number of rotatable bonds is 4. The molecule has 2 aliphatic carbocycles. The molecule has 2 heterocycles. The van der Waals surface area contributed by atoms with Crippen molar-refractivity contribution in [3.8, 4) is 6.07 Å². The molecule has 7 heteroatoms. The van der Waals surface area contributed by atoms with Crippen LogP contribution in [0.15, 0.2) is 48.8 Å². The van der Waals surface area contributed by atoms with Crippen LogP contribution in [0.1, 0.15) is 42.9 Å². The Hall–Kier alpha value is -3.37. The van der Waals surface area contributed by atoms with Gasteiger partial charge < -0.3 is 10.4 Å². The Labute approximate surface area is 185 Å². The van der Waals surface area contributed by atoms with Gasteiger partial charge in [0.15, 0.2) is 0 Å². The number of nitrogens with one attached hydrogen (secondary N) is 1. The summed E-state index contributed by atoms with van der Waals surface area (Å²) in [6.45, 7) is 0. The molecule has 162 valence electrons. The number of carbonyl (C=O) groups is 1. The van der Waals surface area contributed by atoms with E-state index < -0.39 is 12.0 Å². The van der Waals surface area contributed by atoms with E-state index in [1.807, 2.05) is 12.1 Å². The number of nitrogens with zero attached hydrogens (tertiary/aromatic N) is 3. The molecule has 2 saturated carbocycles. The third-order valence-corrected chi connectivity index (χ3v) is 7.09. The molecule has 32 heavy (non-hydrogen) atoms. The van der Waals surface area contributed by atoms with Crippen LogP contribution in [0.5, 0.6) is 0 Å². The number of aromatic nitrogens is 2. The zero-order chi connectivity index (χ0) is 22.2. The largest absolute Gasteiger partial charge is 0.383 e. The molecule has 0 aliphatic heterocycles. The Morgan fingerprint density at radius 3 is 2.59 bits per heavy atom. The first-order chi connectivity index (χ1) is 15.5. The van der Waals surface area contributed by atoms with E-state index in [1.165, 1.54) is 18.3 Å². The van der Waals surface area contributed by atoms with Crippen LogP contribution in [-0.2, 0) is 4.79 Å². The van der Waals surface area contributed by atoms with Crippen LogP contribution >= 0.6 is 0 Å². The summed E-state index contributed by atoms with van der Waals surface area (Å²) in [4.78, 5) is 20.8. The molecule has 2 N–H and O–H groups in total.